The van der Waals surface area contributed by atoms with Crippen LogP contribution in [0.1, 0.15) is 68.6 Å². The predicted octanol–water partition coefficient (Wildman–Crippen LogP) is 3.57. The highest BCUT2D eigenvalue weighted by molar-refractivity contribution is 7.89. The van der Waals surface area contributed by atoms with E-state index >= 15 is 0 Å². The van der Waals surface area contributed by atoms with Gasteiger partial charge in [0.1, 0.15) is 10.6 Å². The van der Waals surface area contributed by atoms with Crippen LogP contribution < -0.4 is 10.1 Å². The van der Waals surface area contributed by atoms with Gasteiger partial charge in [-0.25, -0.2) is 8.42 Å². The Morgan fingerprint density at radius 2 is 1.71 bits per heavy atom. The molecule has 1 N–H and O–H groups in total. The van der Waals surface area contributed by atoms with Crippen molar-refractivity contribution in [2.24, 2.45) is 5.92 Å². The third-order valence-corrected chi connectivity index (χ3v) is 7.88. The van der Waals surface area contributed by atoms with E-state index in [1.165, 1.54) is 17.5 Å². The zero-order chi connectivity index (χ0) is 20.1. The first-order chi connectivity index (χ1) is 13.4. The standard InChI is InChI=1S/C21H32N2O4S/c1-16-7-10-18(11-8-16)22-21(24)17-9-12-19(27-2)20(15-17)28(25,26)23-13-5-3-4-6-14-23/h9,12,15-16,18H,3-8,10-11,13-14H2,1-2H3,(H,22,24). The van der Waals surface area contributed by atoms with Crippen LogP contribution in [0.5, 0.6) is 5.75 Å². The molecule has 28 heavy (non-hydrogen) atoms. The fourth-order valence-corrected chi connectivity index (χ4v) is 5.81. The van der Waals surface area contributed by atoms with Gasteiger partial charge in [0.2, 0.25) is 10.0 Å². The molecule has 1 saturated carbocycles. The lowest BCUT2D eigenvalue weighted by molar-refractivity contribution is 0.0922. The average molecular weight is 409 g/mol. The lowest BCUT2D eigenvalue weighted by atomic mass is 9.87. The average Bonchev–Trinajstić information content (AvgIpc) is 2.99. The number of ether oxygens (including phenoxy) is 1. The molecule has 1 aromatic carbocycles. The van der Waals surface area contributed by atoms with E-state index in [9.17, 15) is 13.2 Å². The minimum Gasteiger partial charge on any atom is -0.495 e. The van der Waals surface area contributed by atoms with Crippen LogP contribution in [0, 0.1) is 5.92 Å². The number of carbonyl (C=O) groups excluding carboxylic acids is 1. The van der Waals surface area contributed by atoms with Crippen LogP contribution in [0.4, 0.5) is 0 Å². The van der Waals surface area contributed by atoms with Gasteiger partial charge in [-0.2, -0.15) is 4.31 Å². The number of benzene rings is 1. The van der Waals surface area contributed by atoms with Crippen molar-refractivity contribution in [2.75, 3.05) is 20.2 Å². The van der Waals surface area contributed by atoms with Crippen LogP contribution >= 0.6 is 0 Å². The Kier molecular flexibility index (Phi) is 6.99. The maximum Gasteiger partial charge on any atom is 0.251 e. The summed E-state index contributed by atoms with van der Waals surface area (Å²) in [6, 6.07) is 4.86. The fourth-order valence-electron chi connectivity index (χ4n) is 4.11. The summed E-state index contributed by atoms with van der Waals surface area (Å²) in [5.41, 5.74) is 0.368. The number of hydrogen-bond donors (Lipinski definition) is 1. The molecule has 3 rings (SSSR count). The van der Waals surface area contributed by atoms with Crippen molar-refractivity contribution in [3.63, 3.8) is 0 Å². The molecule has 1 heterocycles. The molecule has 2 fully saturated rings. The summed E-state index contributed by atoms with van der Waals surface area (Å²) in [4.78, 5) is 12.8. The first-order valence-corrected chi connectivity index (χ1v) is 11.8. The number of hydrogen-bond acceptors (Lipinski definition) is 4. The maximum absolute atomic E-state index is 13.2. The molecule has 0 aromatic heterocycles. The van der Waals surface area contributed by atoms with E-state index in [1.54, 1.807) is 12.1 Å². The van der Waals surface area contributed by atoms with E-state index in [2.05, 4.69) is 12.2 Å². The maximum atomic E-state index is 13.2. The summed E-state index contributed by atoms with van der Waals surface area (Å²) in [6.45, 7) is 3.27. The molecule has 2 aliphatic rings. The zero-order valence-corrected chi connectivity index (χ0v) is 17.8. The van der Waals surface area contributed by atoms with Crippen molar-refractivity contribution in [1.29, 1.82) is 0 Å². The molecule has 156 valence electrons. The SMILES string of the molecule is COc1ccc(C(=O)NC2CCC(C)CC2)cc1S(=O)(=O)N1CCCCCC1. The Labute approximate surface area is 168 Å². The molecule has 0 spiro atoms. The summed E-state index contributed by atoms with van der Waals surface area (Å²) in [5.74, 6) is 0.779. The van der Waals surface area contributed by atoms with Crippen molar-refractivity contribution in [3.8, 4) is 5.75 Å². The second-order valence-corrected chi connectivity index (χ2v) is 10.0. The third-order valence-electron chi connectivity index (χ3n) is 5.96. The number of carbonyl (C=O) groups is 1. The lowest BCUT2D eigenvalue weighted by Crippen LogP contribution is -2.37. The van der Waals surface area contributed by atoms with Crippen molar-refractivity contribution in [3.05, 3.63) is 23.8 Å². The molecule has 6 nitrogen and oxygen atoms in total. The van der Waals surface area contributed by atoms with E-state index in [0.717, 1.165) is 51.4 Å². The van der Waals surface area contributed by atoms with E-state index in [0.29, 0.717) is 24.6 Å². The van der Waals surface area contributed by atoms with Crippen molar-refractivity contribution < 1.29 is 17.9 Å². The van der Waals surface area contributed by atoms with Crippen molar-refractivity contribution in [2.45, 2.75) is 69.2 Å². The Bertz CT molecular complexity index is 778. The van der Waals surface area contributed by atoms with Crippen molar-refractivity contribution >= 4 is 15.9 Å². The molecule has 0 atom stereocenters. The molecule has 0 bridgehead atoms. The lowest BCUT2D eigenvalue weighted by Gasteiger charge is -2.27. The van der Waals surface area contributed by atoms with Gasteiger partial charge in [-0.3, -0.25) is 4.79 Å². The monoisotopic (exact) mass is 408 g/mol. The smallest absolute Gasteiger partial charge is 0.251 e. The summed E-state index contributed by atoms with van der Waals surface area (Å²) >= 11 is 0. The minimum atomic E-state index is -3.70. The number of amides is 1. The molecule has 1 aromatic rings. The number of nitrogens with one attached hydrogen (secondary N) is 1. The number of sulfonamides is 1. The van der Waals surface area contributed by atoms with E-state index in [4.69, 9.17) is 4.74 Å². The first kappa shape index (κ1) is 21.1. The molecular formula is C21H32N2O4S. The summed E-state index contributed by atoms with van der Waals surface area (Å²) in [7, 11) is -2.24. The van der Waals surface area contributed by atoms with Crippen LogP contribution in [-0.2, 0) is 10.0 Å². The molecule has 0 unspecified atom stereocenters. The predicted molar refractivity (Wildman–Crippen MR) is 109 cm³/mol. The molecular weight excluding hydrogens is 376 g/mol. The molecule has 7 heteroatoms. The van der Waals surface area contributed by atoms with Gasteiger partial charge < -0.3 is 10.1 Å². The second-order valence-electron chi connectivity index (χ2n) is 8.11. The topological polar surface area (TPSA) is 75.7 Å². The highest BCUT2D eigenvalue weighted by Gasteiger charge is 2.29. The summed E-state index contributed by atoms with van der Waals surface area (Å²) in [6.07, 6.45) is 8.00. The van der Waals surface area contributed by atoms with Gasteiger partial charge in [0.05, 0.1) is 7.11 Å². The van der Waals surface area contributed by atoms with Crippen LogP contribution in [0.2, 0.25) is 0 Å². The Morgan fingerprint density at radius 3 is 2.32 bits per heavy atom. The summed E-state index contributed by atoms with van der Waals surface area (Å²) in [5, 5.41) is 3.07. The van der Waals surface area contributed by atoms with Gasteiger partial charge in [0.25, 0.3) is 5.91 Å². The molecule has 1 amide bonds. The minimum absolute atomic E-state index is 0.0850. The highest BCUT2D eigenvalue weighted by Crippen LogP contribution is 2.30. The Morgan fingerprint density at radius 1 is 1.07 bits per heavy atom. The van der Waals surface area contributed by atoms with Gasteiger partial charge in [-0.15, -0.1) is 0 Å². The fraction of sp³-hybridized carbons (Fsp3) is 0.667. The van der Waals surface area contributed by atoms with E-state index < -0.39 is 10.0 Å². The normalized spacial score (nSPS) is 24.4. The first-order valence-electron chi connectivity index (χ1n) is 10.4. The molecule has 1 aliphatic carbocycles. The highest BCUT2D eigenvalue weighted by atomic mass is 32.2. The largest absolute Gasteiger partial charge is 0.495 e. The number of methoxy groups -OCH3 is 1. The van der Waals surface area contributed by atoms with E-state index in [-0.39, 0.29) is 22.6 Å². The van der Waals surface area contributed by atoms with Gasteiger partial charge in [0, 0.05) is 24.7 Å². The van der Waals surface area contributed by atoms with Crippen LogP contribution in [0.15, 0.2) is 23.1 Å². The molecule has 1 aliphatic heterocycles. The summed E-state index contributed by atoms with van der Waals surface area (Å²) < 4.78 is 33.3. The third kappa shape index (κ3) is 4.87. The number of nitrogens with zero attached hydrogens (tertiary/aromatic N) is 1. The Hall–Kier alpha value is -1.60. The van der Waals surface area contributed by atoms with Crippen LogP contribution in [0.3, 0.4) is 0 Å². The second kappa shape index (κ2) is 9.27. The van der Waals surface area contributed by atoms with Crippen LogP contribution in [0.25, 0.3) is 0 Å². The van der Waals surface area contributed by atoms with Gasteiger partial charge >= 0.3 is 0 Å². The Balaban J connectivity index is 1.82. The van der Waals surface area contributed by atoms with Crippen LogP contribution in [-0.4, -0.2) is 44.9 Å². The quantitative estimate of drug-likeness (QED) is 0.808. The van der Waals surface area contributed by atoms with Gasteiger partial charge in [-0.05, 0) is 62.6 Å². The number of rotatable bonds is 5. The van der Waals surface area contributed by atoms with E-state index in [1.807, 2.05) is 0 Å². The molecule has 0 radical (unpaired) electrons. The van der Waals surface area contributed by atoms with Crippen molar-refractivity contribution in [1.82, 2.24) is 9.62 Å². The molecule has 1 saturated heterocycles. The zero-order valence-electron chi connectivity index (χ0n) is 16.9. The van der Waals surface area contributed by atoms with Gasteiger partial charge in [0.15, 0.2) is 0 Å². The van der Waals surface area contributed by atoms with Gasteiger partial charge in [-0.1, -0.05) is 19.8 Å².